The maximum atomic E-state index is 13.1. The Kier molecular flexibility index (Phi) is 5.58. The van der Waals surface area contributed by atoms with Crippen LogP contribution in [0.5, 0.6) is 0 Å². The zero-order valence-electron chi connectivity index (χ0n) is 13.9. The summed E-state index contributed by atoms with van der Waals surface area (Å²) in [6.45, 7) is 0.675. The minimum atomic E-state index is -0.437. The summed E-state index contributed by atoms with van der Waals surface area (Å²) in [5, 5.41) is 4.91. The SMILES string of the molecule is CN(Cc1cccs1)[C@H](C(=O)Nc1ccc(F)cc1)c1ccccc1. The molecule has 3 rings (SSSR count). The van der Waals surface area contributed by atoms with Crippen LogP contribution in [0.15, 0.2) is 72.1 Å². The van der Waals surface area contributed by atoms with Crippen LogP contribution < -0.4 is 5.32 Å². The van der Waals surface area contributed by atoms with Gasteiger partial charge in [0.15, 0.2) is 0 Å². The van der Waals surface area contributed by atoms with Crippen LogP contribution in [0.4, 0.5) is 10.1 Å². The molecule has 0 aliphatic carbocycles. The Hall–Kier alpha value is -2.50. The van der Waals surface area contributed by atoms with Crippen molar-refractivity contribution < 1.29 is 9.18 Å². The van der Waals surface area contributed by atoms with Crippen molar-refractivity contribution in [1.82, 2.24) is 4.90 Å². The maximum Gasteiger partial charge on any atom is 0.246 e. The van der Waals surface area contributed by atoms with Crippen molar-refractivity contribution in [3.05, 3.63) is 88.4 Å². The summed E-state index contributed by atoms with van der Waals surface area (Å²) in [4.78, 5) is 16.1. The molecule has 0 aliphatic rings. The van der Waals surface area contributed by atoms with Crippen LogP contribution in [0.25, 0.3) is 0 Å². The molecule has 0 bridgehead atoms. The number of carbonyl (C=O) groups excluding carboxylic acids is 1. The van der Waals surface area contributed by atoms with E-state index in [2.05, 4.69) is 11.4 Å². The molecule has 3 nitrogen and oxygen atoms in total. The monoisotopic (exact) mass is 354 g/mol. The molecule has 5 heteroatoms. The van der Waals surface area contributed by atoms with Gasteiger partial charge in [0.1, 0.15) is 11.9 Å². The van der Waals surface area contributed by atoms with Gasteiger partial charge in [0, 0.05) is 17.1 Å². The van der Waals surface area contributed by atoms with Crippen molar-refractivity contribution in [3.63, 3.8) is 0 Å². The Morgan fingerprint density at radius 2 is 1.80 bits per heavy atom. The molecule has 0 radical (unpaired) electrons. The van der Waals surface area contributed by atoms with E-state index in [1.54, 1.807) is 23.5 Å². The fraction of sp³-hybridized carbons (Fsp3) is 0.150. The topological polar surface area (TPSA) is 32.3 Å². The molecule has 0 fully saturated rings. The molecule has 128 valence electrons. The lowest BCUT2D eigenvalue weighted by molar-refractivity contribution is -0.121. The molecule has 1 heterocycles. The first-order valence-corrected chi connectivity index (χ1v) is 8.85. The number of halogens is 1. The molecule has 0 spiro atoms. The van der Waals surface area contributed by atoms with Crippen LogP contribution in [-0.4, -0.2) is 17.9 Å². The van der Waals surface area contributed by atoms with Crippen molar-refractivity contribution >= 4 is 22.9 Å². The van der Waals surface area contributed by atoms with Gasteiger partial charge >= 0.3 is 0 Å². The molecule has 0 saturated heterocycles. The van der Waals surface area contributed by atoms with Gasteiger partial charge in [-0.1, -0.05) is 36.4 Å². The van der Waals surface area contributed by atoms with E-state index in [0.29, 0.717) is 12.2 Å². The summed E-state index contributed by atoms with van der Waals surface area (Å²) in [5.41, 5.74) is 1.50. The number of hydrogen-bond acceptors (Lipinski definition) is 3. The summed E-state index contributed by atoms with van der Waals surface area (Å²) in [7, 11) is 1.93. The molecule has 1 aromatic heterocycles. The Labute approximate surface area is 150 Å². The van der Waals surface area contributed by atoms with Gasteiger partial charge in [0.2, 0.25) is 5.91 Å². The van der Waals surface area contributed by atoms with E-state index in [0.717, 1.165) is 5.56 Å². The number of amides is 1. The van der Waals surface area contributed by atoms with Crippen LogP contribution in [0, 0.1) is 5.82 Å². The maximum absolute atomic E-state index is 13.1. The predicted octanol–water partition coefficient (Wildman–Crippen LogP) is 4.70. The lowest BCUT2D eigenvalue weighted by atomic mass is 10.0. The second-order valence-electron chi connectivity index (χ2n) is 5.80. The van der Waals surface area contributed by atoms with Crippen LogP contribution in [-0.2, 0) is 11.3 Å². The zero-order valence-corrected chi connectivity index (χ0v) is 14.7. The van der Waals surface area contributed by atoms with Gasteiger partial charge in [-0.15, -0.1) is 11.3 Å². The average molecular weight is 354 g/mol. The Balaban J connectivity index is 1.82. The molecule has 1 amide bonds. The zero-order chi connectivity index (χ0) is 17.6. The summed E-state index contributed by atoms with van der Waals surface area (Å²) >= 11 is 1.67. The smallest absolute Gasteiger partial charge is 0.246 e. The molecule has 1 atom stereocenters. The van der Waals surface area contributed by atoms with Crippen molar-refractivity contribution in [3.8, 4) is 0 Å². The molecular weight excluding hydrogens is 335 g/mol. The standard InChI is InChI=1S/C20H19FN2OS/c1-23(14-18-8-5-13-25-18)19(15-6-3-2-4-7-15)20(24)22-17-11-9-16(21)10-12-17/h2-13,19H,14H2,1H3,(H,22,24)/t19-/m0/s1. The number of anilines is 1. The summed E-state index contributed by atoms with van der Waals surface area (Å²) in [6.07, 6.45) is 0. The van der Waals surface area contributed by atoms with Gasteiger partial charge in [-0.05, 0) is 48.3 Å². The van der Waals surface area contributed by atoms with Gasteiger partial charge in [0.05, 0.1) is 0 Å². The number of benzene rings is 2. The lowest BCUT2D eigenvalue weighted by Crippen LogP contribution is -2.34. The van der Waals surface area contributed by atoms with Crippen molar-refractivity contribution in [2.75, 3.05) is 12.4 Å². The first-order chi connectivity index (χ1) is 12.1. The number of rotatable bonds is 6. The Morgan fingerprint density at radius 1 is 1.08 bits per heavy atom. The third kappa shape index (κ3) is 4.53. The van der Waals surface area contributed by atoms with Gasteiger partial charge in [-0.2, -0.15) is 0 Å². The van der Waals surface area contributed by atoms with Gasteiger partial charge in [-0.25, -0.2) is 4.39 Å². The van der Waals surface area contributed by atoms with E-state index in [9.17, 15) is 9.18 Å². The van der Waals surface area contributed by atoms with Gasteiger partial charge in [0.25, 0.3) is 0 Å². The highest BCUT2D eigenvalue weighted by atomic mass is 32.1. The number of nitrogens with one attached hydrogen (secondary N) is 1. The van der Waals surface area contributed by atoms with E-state index in [4.69, 9.17) is 0 Å². The van der Waals surface area contributed by atoms with Crippen molar-refractivity contribution in [2.45, 2.75) is 12.6 Å². The second-order valence-corrected chi connectivity index (χ2v) is 6.84. The average Bonchev–Trinajstić information content (AvgIpc) is 3.11. The molecule has 25 heavy (non-hydrogen) atoms. The number of hydrogen-bond donors (Lipinski definition) is 1. The summed E-state index contributed by atoms with van der Waals surface area (Å²) < 4.78 is 13.1. The first-order valence-electron chi connectivity index (χ1n) is 7.97. The van der Waals surface area contributed by atoms with Crippen molar-refractivity contribution in [1.29, 1.82) is 0 Å². The number of likely N-dealkylation sites (N-methyl/N-ethyl adjacent to an activating group) is 1. The van der Waals surface area contributed by atoms with Crippen LogP contribution >= 0.6 is 11.3 Å². The number of nitrogens with zero attached hydrogens (tertiary/aromatic N) is 1. The predicted molar refractivity (Wildman–Crippen MR) is 100.0 cm³/mol. The third-order valence-corrected chi connectivity index (χ3v) is 4.76. The highest BCUT2D eigenvalue weighted by Gasteiger charge is 2.25. The Morgan fingerprint density at radius 3 is 2.44 bits per heavy atom. The fourth-order valence-electron chi connectivity index (χ4n) is 2.72. The highest BCUT2D eigenvalue weighted by molar-refractivity contribution is 7.09. The highest BCUT2D eigenvalue weighted by Crippen LogP contribution is 2.24. The molecular formula is C20H19FN2OS. The Bertz CT molecular complexity index is 803. The van der Waals surface area contributed by atoms with E-state index in [-0.39, 0.29) is 11.7 Å². The number of carbonyl (C=O) groups is 1. The van der Waals surface area contributed by atoms with Gasteiger partial charge in [-0.3, -0.25) is 9.69 Å². The fourth-order valence-corrected chi connectivity index (χ4v) is 3.49. The minimum Gasteiger partial charge on any atom is -0.324 e. The normalized spacial score (nSPS) is 12.1. The lowest BCUT2D eigenvalue weighted by Gasteiger charge is -2.27. The molecule has 2 aromatic carbocycles. The van der Waals surface area contributed by atoms with Gasteiger partial charge < -0.3 is 5.32 Å². The quantitative estimate of drug-likeness (QED) is 0.696. The summed E-state index contributed by atoms with van der Waals surface area (Å²) in [5.74, 6) is -0.468. The summed E-state index contributed by atoms with van der Waals surface area (Å²) in [6, 6.07) is 19.1. The molecule has 0 saturated carbocycles. The minimum absolute atomic E-state index is 0.142. The van der Waals surface area contributed by atoms with E-state index in [1.165, 1.54) is 17.0 Å². The van der Waals surface area contributed by atoms with Crippen LogP contribution in [0.2, 0.25) is 0 Å². The first kappa shape index (κ1) is 17.3. The largest absolute Gasteiger partial charge is 0.324 e. The second kappa shape index (κ2) is 8.05. The molecule has 0 unspecified atom stereocenters. The molecule has 3 aromatic rings. The van der Waals surface area contributed by atoms with E-state index in [1.807, 2.05) is 53.7 Å². The molecule has 0 aliphatic heterocycles. The third-order valence-electron chi connectivity index (χ3n) is 3.90. The van der Waals surface area contributed by atoms with Crippen LogP contribution in [0.1, 0.15) is 16.5 Å². The number of thiophene rings is 1. The van der Waals surface area contributed by atoms with E-state index >= 15 is 0 Å². The molecule has 1 N–H and O–H groups in total. The van der Waals surface area contributed by atoms with E-state index < -0.39 is 6.04 Å². The van der Waals surface area contributed by atoms with Crippen LogP contribution in [0.3, 0.4) is 0 Å². The van der Waals surface area contributed by atoms with Crippen molar-refractivity contribution in [2.24, 2.45) is 0 Å².